The molecule has 0 bridgehead atoms. The van der Waals surface area contributed by atoms with Crippen LogP contribution >= 0.6 is 0 Å². The van der Waals surface area contributed by atoms with Crippen LogP contribution in [0.1, 0.15) is 25.7 Å². The van der Waals surface area contributed by atoms with Crippen LogP contribution in [0.25, 0.3) is 0 Å². The molecule has 0 radical (unpaired) electrons. The highest BCUT2D eigenvalue weighted by molar-refractivity contribution is 5.68. The highest BCUT2D eigenvalue weighted by Gasteiger charge is 2.01. The Morgan fingerprint density at radius 1 is 1.67 bits per heavy atom. The molecule has 0 saturated carbocycles. The number of aliphatic hydroxyl groups excluding tert-OH is 1. The van der Waals surface area contributed by atoms with Crippen LogP contribution in [0.5, 0.6) is 0 Å². The Morgan fingerprint density at radius 3 is 2.83 bits per heavy atom. The lowest BCUT2D eigenvalue weighted by Crippen LogP contribution is -2.03. The number of carbonyl (C=O) groups is 1. The standard InChI is InChI=1S/C9H14O3/c1-3-8(10)6-4-5-7-9(11)12-2/h1,8,10H,4-7H2,2H3/t8-/m0/s1. The zero-order valence-electron chi connectivity index (χ0n) is 7.25. The van der Waals surface area contributed by atoms with E-state index in [1.54, 1.807) is 0 Å². The second-order valence-corrected chi connectivity index (χ2v) is 2.50. The Bertz CT molecular complexity index is 169. The lowest BCUT2D eigenvalue weighted by atomic mass is 10.1. The van der Waals surface area contributed by atoms with Crippen molar-refractivity contribution in [2.75, 3.05) is 7.11 Å². The lowest BCUT2D eigenvalue weighted by molar-refractivity contribution is -0.140. The van der Waals surface area contributed by atoms with Gasteiger partial charge in [0.25, 0.3) is 0 Å². The summed E-state index contributed by atoms with van der Waals surface area (Å²) in [7, 11) is 1.36. The Balaban J connectivity index is 3.23. The molecule has 3 heteroatoms. The van der Waals surface area contributed by atoms with E-state index < -0.39 is 6.10 Å². The van der Waals surface area contributed by atoms with Gasteiger partial charge in [-0.05, 0) is 19.3 Å². The second-order valence-electron chi connectivity index (χ2n) is 2.50. The number of hydrogen-bond acceptors (Lipinski definition) is 3. The molecule has 0 amide bonds. The van der Waals surface area contributed by atoms with Gasteiger partial charge in [0.1, 0.15) is 6.10 Å². The average Bonchev–Trinajstić information content (AvgIpc) is 2.11. The topological polar surface area (TPSA) is 46.5 Å². The van der Waals surface area contributed by atoms with E-state index in [0.29, 0.717) is 19.3 Å². The summed E-state index contributed by atoms with van der Waals surface area (Å²) >= 11 is 0. The molecule has 0 aromatic carbocycles. The van der Waals surface area contributed by atoms with E-state index in [1.807, 2.05) is 0 Å². The molecular formula is C9H14O3. The van der Waals surface area contributed by atoms with Gasteiger partial charge in [0, 0.05) is 6.42 Å². The molecular weight excluding hydrogens is 156 g/mol. The smallest absolute Gasteiger partial charge is 0.305 e. The van der Waals surface area contributed by atoms with Gasteiger partial charge in [-0.2, -0.15) is 0 Å². The molecule has 0 aromatic rings. The third-order valence-electron chi connectivity index (χ3n) is 1.53. The van der Waals surface area contributed by atoms with Gasteiger partial charge in [0.15, 0.2) is 0 Å². The summed E-state index contributed by atoms with van der Waals surface area (Å²) in [5.74, 6) is 1.99. The van der Waals surface area contributed by atoms with Gasteiger partial charge in [-0.1, -0.05) is 5.92 Å². The first-order chi connectivity index (χ1) is 5.70. The van der Waals surface area contributed by atoms with Crippen molar-refractivity contribution < 1.29 is 14.6 Å². The monoisotopic (exact) mass is 170 g/mol. The molecule has 0 heterocycles. The third kappa shape index (κ3) is 5.75. The molecule has 0 aliphatic heterocycles. The Kier molecular flexibility index (Phi) is 6.12. The van der Waals surface area contributed by atoms with Crippen molar-refractivity contribution in [3.8, 4) is 12.3 Å². The molecule has 1 atom stereocenters. The van der Waals surface area contributed by atoms with E-state index in [4.69, 9.17) is 11.5 Å². The molecule has 0 spiro atoms. The molecule has 12 heavy (non-hydrogen) atoms. The number of esters is 1. The van der Waals surface area contributed by atoms with Crippen LogP contribution in [-0.2, 0) is 9.53 Å². The number of ether oxygens (including phenoxy) is 1. The summed E-state index contributed by atoms with van der Waals surface area (Å²) in [6, 6.07) is 0. The zero-order chi connectivity index (χ0) is 9.40. The lowest BCUT2D eigenvalue weighted by Gasteiger charge is -2.01. The minimum Gasteiger partial charge on any atom is -0.469 e. The summed E-state index contributed by atoms with van der Waals surface area (Å²) in [5.41, 5.74) is 0. The van der Waals surface area contributed by atoms with E-state index in [0.717, 1.165) is 6.42 Å². The van der Waals surface area contributed by atoms with Crippen molar-refractivity contribution >= 4 is 5.97 Å². The van der Waals surface area contributed by atoms with Gasteiger partial charge in [-0.25, -0.2) is 0 Å². The van der Waals surface area contributed by atoms with Gasteiger partial charge in [-0.15, -0.1) is 6.42 Å². The molecule has 3 nitrogen and oxygen atoms in total. The van der Waals surface area contributed by atoms with Crippen molar-refractivity contribution in [1.82, 2.24) is 0 Å². The summed E-state index contributed by atoms with van der Waals surface area (Å²) < 4.78 is 4.44. The molecule has 0 rings (SSSR count). The molecule has 0 aromatic heterocycles. The van der Waals surface area contributed by atoms with E-state index >= 15 is 0 Å². The Labute approximate surface area is 72.7 Å². The number of carbonyl (C=O) groups excluding carboxylic acids is 1. The number of methoxy groups -OCH3 is 1. The molecule has 0 aliphatic rings. The maximum absolute atomic E-state index is 10.6. The number of rotatable bonds is 5. The van der Waals surface area contributed by atoms with Crippen molar-refractivity contribution in [2.45, 2.75) is 31.8 Å². The fraction of sp³-hybridized carbons (Fsp3) is 0.667. The van der Waals surface area contributed by atoms with Gasteiger partial charge < -0.3 is 9.84 Å². The van der Waals surface area contributed by atoms with Gasteiger partial charge in [0.2, 0.25) is 0 Å². The summed E-state index contributed by atoms with van der Waals surface area (Å²) in [6.07, 6.45) is 6.68. The molecule has 0 saturated heterocycles. The summed E-state index contributed by atoms with van der Waals surface area (Å²) in [6.45, 7) is 0. The van der Waals surface area contributed by atoms with Crippen LogP contribution in [0.15, 0.2) is 0 Å². The van der Waals surface area contributed by atoms with Crippen LogP contribution in [0, 0.1) is 12.3 Å². The van der Waals surface area contributed by atoms with Crippen molar-refractivity contribution in [3.05, 3.63) is 0 Å². The quantitative estimate of drug-likeness (QED) is 0.375. The average molecular weight is 170 g/mol. The molecule has 1 N–H and O–H groups in total. The molecule has 0 fully saturated rings. The fourth-order valence-corrected chi connectivity index (χ4v) is 0.792. The van der Waals surface area contributed by atoms with E-state index in [-0.39, 0.29) is 5.97 Å². The zero-order valence-corrected chi connectivity index (χ0v) is 7.25. The van der Waals surface area contributed by atoms with E-state index in [9.17, 15) is 4.79 Å². The molecule has 0 unspecified atom stereocenters. The minimum atomic E-state index is -0.678. The van der Waals surface area contributed by atoms with Crippen LogP contribution in [0.4, 0.5) is 0 Å². The van der Waals surface area contributed by atoms with Gasteiger partial charge in [0.05, 0.1) is 7.11 Å². The second kappa shape index (κ2) is 6.68. The number of hydrogen-bond donors (Lipinski definition) is 1. The van der Waals surface area contributed by atoms with Crippen LogP contribution < -0.4 is 0 Å². The maximum atomic E-state index is 10.6. The highest BCUT2D eigenvalue weighted by atomic mass is 16.5. The van der Waals surface area contributed by atoms with E-state index in [2.05, 4.69) is 10.7 Å². The molecule has 0 aliphatic carbocycles. The first-order valence-corrected chi connectivity index (χ1v) is 3.91. The Hall–Kier alpha value is -1.01. The van der Waals surface area contributed by atoms with Crippen LogP contribution in [0.3, 0.4) is 0 Å². The number of terminal acetylenes is 1. The highest BCUT2D eigenvalue weighted by Crippen LogP contribution is 2.03. The minimum absolute atomic E-state index is 0.217. The van der Waals surface area contributed by atoms with Crippen LogP contribution in [-0.4, -0.2) is 24.3 Å². The normalized spacial score (nSPS) is 11.8. The summed E-state index contributed by atoms with van der Waals surface area (Å²) in [4.78, 5) is 10.6. The largest absolute Gasteiger partial charge is 0.469 e. The van der Waals surface area contributed by atoms with Crippen molar-refractivity contribution in [2.24, 2.45) is 0 Å². The predicted octanol–water partition coefficient (Wildman–Crippen LogP) is 0.714. The van der Waals surface area contributed by atoms with Gasteiger partial charge >= 0.3 is 5.97 Å². The number of aliphatic hydroxyl groups is 1. The first kappa shape index (κ1) is 11.0. The van der Waals surface area contributed by atoms with E-state index in [1.165, 1.54) is 7.11 Å². The number of unbranched alkanes of at least 4 members (excludes halogenated alkanes) is 1. The summed E-state index contributed by atoms with van der Waals surface area (Å²) in [5, 5.41) is 8.93. The SMILES string of the molecule is C#C[C@H](O)CCCCC(=O)OC. The fourth-order valence-electron chi connectivity index (χ4n) is 0.792. The van der Waals surface area contributed by atoms with Crippen molar-refractivity contribution in [3.63, 3.8) is 0 Å². The van der Waals surface area contributed by atoms with Crippen molar-refractivity contribution in [1.29, 1.82) is 0 Å². The van der Waals surface area contributed by atoms with Gasteiger partial charge in [-0.3, -0.25) is 4.79 Å². The predicted molar refractivity (Wildman–Crippen MR) is 45.3 cm³/mol. The first-order valence-electron chi connectivity index (χ1n) is 3.91. The maximum Gasteiger partial charge on any atom is 0.305 e. The Morgan fingerprint density at radius 2 is 2.33 bits per heavy atom. The van der Waals surface area contributed by atoms with Crippen LogP contribution in [0.2, 0.25) is 0 Å². The third-order valence-corrected chi connectivity index (χ3v) is 1.53. The molecule has 68 valence electrons.